The average Bonchev–Trinajstić information content (AvgIpc) is 3.29. The molecule has 3 heterocycles. The van der Waals surface area contributed by atoms with Crippen molar-refractivity contribution in [2.45, 2.75) is 29.2 Å². The van der Waals surface area contributed by atoms with Crippen molar-refractivity contribution in [1.29, 1.82) is 0 Å². The van der Waals surface area contributed by atoms with Gasteiger partial charge < -0.3 is 5.11 Å². The Morgan fingerprint density at radius 3 is 2.08 bits per heavy atom. The summed E-state index contributed by atoms with van der Waals surface area (Å²) in [5.41, 5.74) is 2.89. The summed E-state index contributed by atoms with van der Waals surface area (Å²) in [6.45, 7) is 3.37. The van der Waals surface area contributed by atoms with Gasteiger partial charge >= 0.3 is 0 Å². The van der Waals surface area contributed by atoms with Crippen molar-refractivity contribution >= 4 is 35.0 Å². The number of hydrogen-bond donors (Lipinski definition) is 1. The molecule has 36 heavy (non-hydrogen) atoms. The highest BCUT2D eigenvalue weighted by molar-refractivity contribution is 7.99. The van der Waals surface area contributed by atoms with Gasteiger partial charge in [-0.3, -0.25) is 9.97 Å². The first-order chi connectivity index (χ1) is 17.3. The zero-order valence-electron chi connectivity index (χ0n) is 19.4. The lowest BCUT2D eigenvalue weighted by atomic mass is 10.1. The molecule has 0 spiro atoms. The third kappa shape index (κ3) is 5.44. The van der Waals surface area contributed by atoms with Crippen LogP contribution in [0.1, 0.15) is 19.5 Å². The summed E-state index contributed by atoms with van der Waals surface area (Å²) in [4.78, 5) is 15.2. The number of nitrogens with zero attached hydrogens (tertiary/aromatic N) is 5. The SMILES string of the molecule is CC(C)(O)c1cnc(-c2ccc(-c3nn(-c4ccc(Cl)cn4)cc3Sc3ccc(Cl)cc3)cc2)cn1. The summed E-state index contributed by atoms with van der Waals surface area (Å²) in [6.07, 6.45) is 6.83. The van der Waals surface area contributed by atoms with Crippen LogP contribution in [0.15, 0.2) is 95.2 Å². The van der Waals surface area contributed by atoms with Crippen LogP contribution in [-0.4, -0.2) is 29.8 Å². The Morgan fingerprint density at radius 1 is 0.778 bits per heavy atom. The van der Waals surface area contributed by atoms with E-state index in [1.54, 1.807) is 54.9 Å². The molecule has 5 rings (SSSR count). The van der Waals surface area contributed by atoms with Crippen molar-refractivity contribution < 1.29 is 5.11 Å². The van der Waals surface area contributed by atoms with Gasteiger partial charge in [0.2, 0.25) is 0 Å². The first-order valence-corrected chi connectivity index (χ1v) is 12.6. The second-order valence-electron chi connectivity index (χ2n) is 8.60. The predicted octanol–water partition coefficient (Wildman–Crippen LogP) is 7.08. The first kappa shape index (κ1) is 24.5. The van der Waals surface area contributed by atoms with Gasteiger partial charge in [-0.2, -0.15) is 5.10 Å². The molecule has 6 nitrogen and oxygen atoms in total. The van der Waals surface area contributed by atoms with Gasteiger partial charge in [-0.15, -0.1) is 0 Å². The predicted molar refractivity (Wildman–Crippen MR) is 144 cm³/mol. The Kier molecular flexibility index (Phi) is 6.81. The summed E-state index contributed by atoms with van der Waals surface area (Å²) in [5, 5.41) is 16.2. The van der Waals surface area contributed by atoms with Crippen LogP contribution in [0.5, 0.6) is 0 Å². The number of rotatable bonds is 6. The lowest BCUT2D eigenvalue weighted by Crippen LogP contribution is -2.17. The number of aliphatic hydroxyl groups is 1. The molecule has 0 saturated heterocycles. The molecule has 0 bridgehead atoms. The summed E-state index contributed by atoms with van der Waals surface area (Å²) in [7, 11) is 0. The fourth-order valence-corrected chi connectivity index (χ4v) is 4.65. The molecule has 0 aliphatic carbocycles. The third-order valence-corrected chi connectivity index (χ3v) is 6.90. The van der Waals surface area contributed by atoms with E-state index >= 15 is 0 Å². The molecule has 0 aliphatic heterocycles. The molecule has 0 atom stereocenters. The van der Waals surface area contributed by atoms with Crippen LogP contribution in [0.25, 0.3) is 28.3 Å². The van der Waals surface area contributed by atoms with Gasteiger partial charge in [-0.1, -0.05) is 59.2 Å². The Bertz CT molecular complexity index is 1480. The zero-order valence-corrected chi connectivity index (χ0v) is 21.8. The van der Waals surface area contributed by atoms with E-state index in [1.807, 2.05) is 60.8 Å². The van der Waals surface area contributed by atoms with Crippen LogP contribution in [0.3, 0.4) is 0 Å². The van der Waals surface area contributed by atoms with Crippen molar-refractivity contribution in [1.82, 2.24) is 24.7 Å². The quantitative estimate of drug-likeness (QED) is 0.251. The van der Waals surface area contributed by atoms with Gasteiger partial charge in [0.25, 0.3) is 0 Å². The normalized spacial score (nSPS) is 11.6. The van der Waals surface area contributed by atoms with E-state index in [1.165, 1.54) is 0 Å². The first-order valence-electron chi connectivity index (χ1n) is 11.1. The van der Waals surface area contributed by atoms with E-state index in [2.05, 4.69) is 15.0 Å². The fraction of sp³-hybridized carbons (Fsp3) is 0.111. The van der Waals surface area contributed by atoms with Gasteiger partial charge in [0.15, 0.2) is 5.82 Å². The summed E-state index contributed by atoms with van der Waals surface area (Å²) in [5.74, 6) is 0.669. The van der Waals surface area contributed by atoms with Crippen LogP contribution in [0.4, 0.5) is 0 Å². The van der Waals surface area contributed by atoms with Gasteiger partial charge in [-0.05, 0) is 50.2 Å². The maximum Gasteiger partial charge on any atom is 0.153 e. The molecule has 1 N–H and O–H groups in total. The standard InChI is InChI=1S/C27H21Cl2N5OS/c1-27(2,35)24-15-30-22(14-31-24)17-3-5-18(6-4-17)26-23(36-21-10-7-19(28)8-11-21)16-34(33-26)25-12-9-20(29)13-32-25/h3-16,35H,1-2H3. The van der Waals surface area contributed by atoms with Gasteiger partial charge in [0.1, 0.15) is 11.3 Å². The maximum atomic E-state index is 10.1. The Morgan fingerprint density at radius 2 is 1.47 bits per heavy atom. The number of hydrogen-bond acceptors (Lipinski definition) is 6. The molecule has 9 heteroatoms. The minimum Gasteiger partial charge on any atom is -0.384 e. The van der Waals surface area contributed by atoms with E-state index in [0.717, 1.165) is 32.3 Å². The second-order valence-corrected chi connectivity index (χ2v) is 10.6. The highest BCUT2D eigenvalue weighted by Crippen LogP contribution is 2.37. The third-order valence-electron chi connectivity index (χ3n) is 5.40. The molecule has 0 unspecified atom stereocenters. The van der Waals surface area contributed by atoms with Crippen molar-refractivity contribution in [3.63, 3.8) is 0 Å². The van der Waals surface area contributed by atoms with Crippen LogP contribution in [0.2, 0.25) is 10.0 Å². The number of pyridine rings is 1. The molecule has 0 saturated carbocycles. The van der Waals surface area contributed by atoms with Crippen molar-refractivity contribution in [3.05, 3.63) is 101 Å². The maximum absolute atomic E-state index is 10.1. The molecule has 180 valence electrons. The number of benzene rings is 2. The Labute approximate surface area is 223 Å². The molecule has 0 amide bonds. The van der Waals surface area contributed by atoms with Crippen LogP contribution in [0, 0.1) is 0 Å². The Balaban J connectivity index is 1.49. The van der Waals surface area contributed by atoms with E-state index in [4.69, 9.17) is 28.3 Å². The van der Waals surface area contributed by atoms with Crippen LogP contribution < -0.4 is 0 Å². The highest BCUT2D eigenvalue weighted by Gasteiger charge is 2.18. The summed E-state index contributed by atoms with van der Waals surface area (Å²) < 4.78 is 1.75. The molecule has 2 aromatic carbocycles. The zero-order chi connectivity index (χ0) is 25.3. The fourth-order valence-electron chi connectivity index (χ4n) is 3.48. The molecule has 5 aromatic rings. The summed E-state index contributed by atoms with van der Waals surface area (Å²) >= 11 is 13.7. The number of halogens is 2. The second kappa shape index (κ2) is 10.0. The minimum absolute atomic E-state index is 0.521. The summed E-state index contributed by atoms with van der Waals surface area (Å²) in [6, 6.07) is 19.3. The molecule has 3 aromatic heterocycles. The highest BCUT2D eigenvalue weighted by atomic mass is 35.5. The van der Waals surface area contributed by atoms with Crippen molar-refractivity contribution in [2.24, 2.45) is 0 Å². The molecule has 0 aliphatic rings. The van der Waals surface area contributed by atoms with Crippen LogP contribution in [-0.2, 0) is 5.60 Å². The minimum atomic E-state index is -1.04. The van der Waals surface area contributed by atoms with E-state index in [-0.39, 0.29) is 0 Å². The number of aromatic nitrogens is 5. The topological polar surface area (TPSA) is 76.7 Å². The van der Waals surface area contributed by atoms with Crippen LogP contribution >= 0.6 is 35.0 Å². The molecule has 0 fully saturated rings. The molecular formula is C27H21Cl2N5OS. The molecular weight excluding hydrogens is 513 g/mol. The van der Waals surface area contributed by atoms with E-state index in [9.17, 15) is 5.11 Å². The largest absolute Gasteiger partial charge is 0.384 e. The monoisotopic (exact) mass is 533 g/mol. The Hall–Kier alpha value is -3.23. The molecule has 0 radical (unpaired) electrons. The lowest BCUT2D eigenvalue weighted by Gasteiger charge is -2.15. The van der Waals surface area contributed by atoms with E-state index in [0.29, 0.717) is 21.6 Å². The van der Waals surface area contributed by atoms with Crippen molar-refractivity contribution in [2.75, 3.05) is 0 Å². The average molecular weight is 534 g/mol. The van der Waals surface area contributed by atoms with Crippen molar-refractivity contribution in [3.8, 4) is 28.3 Å². The van der Waals surface area contributed by atoms with Gasteiger partial charge in [-0.25, -0.2) is 9.67 Å². The van der Waals surface area contributed by atoms with E-state index < -0.39 is 5.60 Å². The smallest absolute Gasteiger partial charge is 0.153 e. The van der Waals surface area contributed by atoms with Gasteiger partial charge in [0.05, 0.1) is 33.7 Å². The van der Waals surface area contributed by atoms with Gasteiger partial charge in [0, 0.05) is 33.4 Å². The lowest BCUT2D eigenvalue weighted by molar-refractivity contribution is 0.0734.